The summed E-state index contributed by atoms with van der Waals surface area (Å²) in [5, 5.41) is 7.79. The standard InChI is InChI=1S/C15H22BrN3O/c1-15(2)6-5-11(7-15)18-12-8-17-19(9-10-3-4-10)14(20)13(12)16/h8,10-11,18H,3-7,9H2,1-2H3. The van der Waals surface area contributed by atoms with Crippen molar-refractivity contribution in [2.24, 2.45) is 11.3 Å². The second-order valence-electron chi connectivity index (χ2n) is 7.05. The van der Waals surface area contributed by atoms with E-state index in [0.717, 1.165) is 25.1 Å². The number of anilines is 1. The molecule has 1 N–H and O–H groups in total. The number of hydrogen-bond acceptors (Lipinski definition) is 3. The maximum absolute atomic E-state index is 12.3. The van der Waals surface area contributed by atoms with Gasteiger partial charge in [-0.2, -0.15) is 5.10 Å². The molecule has 0 aliphatic heterocycles. The van der Waals surface area contributed by atoms with Crippen molar-refractivity contribution in [1.82, 2.24) is 9.78 Å². The zero-order valence-corrected chi connectivity index (χ0v) is 13.7. The summed E-state index contributed by atoms with van der Waals surface area (Å²) in [6.07, 6.45) is 7.77. The average molecular weight is 340 g/mol. The number of hydrogen-bond donors (Lipinski definition) is 1. The molecule has 1 unspecified atom stereocenters. The summed E-state index contributed by atoms with van der Waals surface area (Å²) in [5.74, 6) is 0.654. The van der Waals surface area contributed by atoms with E-state index in [2.05, 4.69) is 40.2 Å². The monoisotopic (exact) mass is 339 g/mol. The Kier molecular flexibility index (Phi) is 3.65. The summed E-state index contributed by atoms with van der Waals surface area (Å²) >= 11 is 3.44. The molecule has 4 nitrogen and oxygen atoms in total. The summed E-state index contributed by atoms with van der Waals surface area (Å²) in [6.45, 7) is 5.36. The van der Waals surface area contributed by atoms with Crippen molar-refractivity contribution >= 4 is 21.6 Å². The number of nitrogens with one attached hydrogen (secondary N) is 1. The SMILES string of the molecule is CC1(C)CCC(Nc2cnn(CC3CC3)c(=O)c2Br)C1. The van der Waals surface area contributed by atoms with Crippen molar-refractivity contribution in [3.05, 3.63) is 21.0 Å². The molecule has 0 bridgehead atoms. The lowest BCUT2D eigenvalue weighted by atomic mass is 9.92. The fourth-order valence-electron chi connectivity index (χ4n) is 3.02. The van der Waals surface area contributed by atoms with Gasteiger partial charge in [0.15, 0.2) is 0 Å². The van der Waals surface area contributed by atoms with Gasteiger partial charge in [-0.3, -0.25) is 4.79 Å². The van der Waals surface area contributed by atoms with Gasteiger partial charge in [0.2, 0.25) is 0 Å². The van der Waals surface area contributed by atoms with E-state index >= 15 is 0 Å². The van der Waals surface area contributed by atoms with Gasteiger partial charge in [0.1, 0.15) is 4.47 Å². The third-order valence-electron chi connectivity index (χ3n) is 4.44. The minimum atomic E-state index is -0.0147. The van der Waals surface area contributed by atoms with Crippen LogP contribution in [0.25, 0.3) is 0 Å². The molecule has 2 fully saturated rings. The molecular weight excluding hydrogens is 318 g/mol. The molecule has 20 heavy (non-hydrogen) atoms. The van der Waals surface area contributed by atoms with Crippen molar-refractivity contribution in [2.75, 3.05) is 5.32 Å². The first kappa shape index (κ1) is 14.1. The molecular formula is C15H22BrN3O. The molecule has 0 radical (unpaired) electrons. The van der Waals surface area contributed by atoms with Crippen LogP contribution in [-0.2, 0) is 6.54 Å². The smallest absolute Gasteiger partial charge is 0.283 e. The lowest BCUT2D eigenvalue weighted by Crippen LogP contribution is -2.27. The van der Waals surface area contributed by atoms with Crippen LogP contribution in [0.5, 0.6) is 0 Å². The van der Waals surface area contributed by atoms with E-state index in [9.17, 15) is 4.79 Å². The molecule has 1 aromatic heterocycles. The largest absolute Gasteiger partial charge is 0.380 e. The molecule has 1 atom stereocenters. The lowest BCUT2D eigenvalue weighted by Gasteiger charge is -2.19. The zero-order chi connectivity index (χ0) is 14.3. The molecule has 3 rings (SSSR count). The number of rotatable bonds is 4. The summed E-state index contributed by atoms with van der Waals surface area (Å²) in [6, 6.07) is 0.446. The van der Waals surface area contributed by atoms with Crippen molar-refractivity contribution in [3.63, 3.8) is 0 Å². The Morgan fingerprint density at radius 3 is 2.80 bits per heavy atom. The van der Waals surface area contributed by atoms with E-state index in [1.165, 1.54) is 19.3 Å². The number of halogens is 1. The summed E-state index contributed by atoms with van der Waals surface area (Å²) in [4.78, 5) is 12.3. The Hall–Kier alpha value is -0.840. The van der Waals surface area contributed by atoms with E-state index in [1.807, 2.05) is 0 Å². The van der Waals surface area contributed by atoms with Gasteiger partial charge < -0.3 is 5.32 Å². The van der Waals surface area contributed by atoms with Crippen molar-refractivity contribution < 1.29 is 0 Å². The lowest BCUT2D eigenvalue weighted by molar-refractivity contribution is 0.378. The van der Waals surface area contributed by atoms with Crippen LogP contribution in [-0.4, -0.2) is 15.8 Å². The summed E-state index contributed by atoms with van der Waals surface area (Å²) in [5.41, 5.74) is 1.22. The average Bonchev–Trinajstić information content (AvgIpc) is 3.13. The fraction of sp³-hybridized carbons (Fsp3) is 0.733. The van der Waals surface area contributed by atoms with E-state index in [1.54, 1.807) is 10.9 Å². The van der Waals surface area contributed by atoms with Gasteiger partial charge in [0.05, 0.1) is 11.9 Å². The van der Waals surface area contributed by atoms with Gasteiger partial charge in [-0.05, 0) is 59.4 Å². The number of aromatic nitrogens is 2. The molecule has 110 valence electrons. The second-order valence-corrected chi connectivity index (χ2v) is 7.84. The maximum Gasteiger partial charge on any atom is 0.283 e. The molecule has 0 amide bonds. The second kappa shape index (κ2) is 5.17. The van der Waals surface area contributed by atoms with E-state index in [4.69, 9.17) is 0 Å². The van der Waals surface area contributed by atoms with Gasteiger partial charge in [0.25, 0.3) is 5.56 Å². The molecule has 2 saturated carbocycles. The third-order valence-corrected chi connectivity index (χ3v) is 5.21. The minimum Gasteiger partial charge on any atom is -0.380 e. The predicted octanol–water partition coefficient (Wildman–Crippen LogP) is 3.41. The summed E-state index contributed by atoms with van der Waals surface area (Å²) in [7, 11) is 0. The highest BCUT2D eigenvalue weighted by Gasteiger charge is 2.31. The van der Waals surface area contributed by atoms with Gasteiger partial charge in [-0.15, -0.1) is 0 Å². The van der Waals surface area contributed by atoms with Gasteiger partial charge >= 0.3 is 0 Å². The Morgan fingerprint density at radius 2 is 2.20 bits per heavy atom. The molecule has 2 aliphatic rings. The van der Waals surface area contributed by atoms with Crippen molar-refractivity contribution in [1.29, 1.82) is 0 Å². The predicted molar refractivity (Wildman–Crippen MR) is 84.0 cm³/mol. The maximum atomic E-state index is 12.3. The highest BCUT2D eigenvalue weighted by molar-refractivity contribution is 9.10. The van der Waals surface area contributed by atoms with Gasteiger partial charge in [-0.25, -0.2) is 4.68 Å². The Bertz CT molecular complexity index is 563. The molecule has 1 aromatic rings. The first-order valence-corrected chi connectivity index (χ1v) is 8.26. The molecule has 0 saturated heterocycles. The molecule has 0 spiro atoms. The Balaban J connectivity index is 1.73. The first-order valence-electron chi connectivity index (χ1n) is 7.47. The molecule has 0 aromatic carbocycles. The van der Waals surface area contributed by atoms with E-state index < -0.39 is 0 Å². The number of nitrogens with zero attached hydrogens (tertiary/aromatic N) is 2. The van der Waals surface area contributed by atoms with Gasteiger partial charge in [0, 0.05) is 12.6 Å². The Morgan fingerprint density at radius 1 is 1.45 bits per heavy atom. The third kappa shape index (κ3) is 3.08. The van der Waals surface area contributed by atoms with Crippen molar-refractivity contribution in [3.8, 4) is 0 Å². The first-order chi connectivity index (χ1) is 9.44. The Labute approximate surface area is 128 Å². The topological polar surface area (TPSA) is 46.9 Å². The quantitative estimate of drug-likeness (QED) is 0.914. The van der Waals surface area contributed by atoms with Crippen LogP contribution in [0.2, 0.25) is 0 Å². The van der Waals surface area contributed by atoms with Crippen LogP contribution in [0.4, 0.5) is 5.69 Å². The van der Waals surface area contributed by atoms with Crippen LogP contribution in [0.3, 0.4) is 0 Å². The van der Waals surface area contributed by atoms with Crippen LogP contribution in [0.1, 0.15) is 46.0 Å². The molecule has 5 heteroatoms. The normalized spacial score (nSPS) is 24.9. The van der Waals surface area contributed by atoms with Crippen LogP contribution >= 0.6 is 15.9 Å². The van der Waals surface area contributed by atoms with Gasteiger partial charge in [-0.1, -0.05) is 13.8 Å². The fourth-order valence-corrected chi connectivity index (χ4v) is 3.44. The highest BCUT2D eigenvalue weighted by Crippen LogP contribution is 2.38. The molecule has 1 heterocycles. The highest BCUT2D eigenvalue weighted by atomic mass is 79.9. The molecule has 2 aliphatic carbocycles. The van der Waals surface area contributed by atoms with E-state index in [0.29, 0.717) is 21.8 Å². The van der Waals surface area contributed by atoms with Crippen molar-refractivity contribution in [2.45, 2.75) is 58.5 Å². The van der Waals surface area contributed by atoms with Crippen LogP contribution in [0.15, 0.2) is 15.5 Å². The van der Waals surface area contributed by atoms with Crippen LogP contribution in [0, 0.1) is 11.3 Å². The summed E-state index contributed by atoms with van der Waals surface area (Å²) < 4.78 is 2.21. The van der Waals surface area contributed by atoms with E-state index in [-0.39, 0.29) is 5.56 Å². The van der Waals surface area contributed by atoms with Crippen LogP contribution < -0.4 is 10.9 Å². The zero-order valence-electron chi connectivity index (χ0n) is 12.2. The minimum absolute atomic E-state index is 0.0147.